The van der Waals surface area contributed by atoms with Crippen molar-refractivity contribution in [3.8, 4) is 0 Å². The lowest BCUT2D eigenvalue weighted by Crippen LogP contribution is -2.40. The minimum Gasteiger partial charge on any atom is -0.444 e. The number of carbonyl (C=O) groups is 1. The van der Waals surface area contributed by atoms with Gasteiger partial charge < -0.3 is 9.64 Å². The summed E-state index contributed by atoms with van der Waals surface area (Å²) >= 11 is 0. The smallest absolute Gasteiger partial charge is 0.413 e. The molecule has 1 aliphatic heterocycles. The Kier molecular flexibility index (Phi) is 4.21. The number of anilines is 2. The lowest BCUT2D eigenvalue weighted by atomic mass is 10.1. The number of piperidine rings is 1. The molecular formula is C15H20F2N6O2. The van der Waals surface area contributed by atoms with Crippen LogP contribution in [0, 0.1) is 0 Å². The number of ether oxygens (including phenoxy) is 1. The lowest BCUT2D eigenvalue weighted by Gasteiger charge is -2.32. The van der Waals surface area contributed by atoms with Crippen molar-refractivity contribution >= 4 is 23.4 Å². The van der Waals surface area contributed by atoms with Crippen LogP contribution in [0.5, 0.6) is 0 Å². The van der Waals surface area contributed by atoms with E-state index in [2.05, 4.69) is 20.4 Å². The van der Waals surface area contributed by atoms with Crippen molar-refractivity contribution in [3.05, 3.63) is 12.5 Å². The maximum atomic E-state index is 13.4. The Bertz CT molecular complexity index is 776. The first-order chi connectivity index (χ1) is 11.6. The minimum atomic E-state index is -2.66. The molecular weight excluding hydrogens is 334 g/mol. The van der Waals surface area contributed by atoms with E-state index in [0.717, 1.165) is 0 Å². The average Bonchev–Trinajstić information content (AvgIpc) is 2.92. The monoisotopic (exact) mass is 354 g/mol. The standard InChI is InChI=1S/C15H20F2N6O2/c1-14(2,3)25-13(24)21-10-8-23-11(18-9-19-23)12(20-10)22-6-4-15(16,17)5-7-22/h8-9H,4-7H2,1-3H3,(H,21,24). The van der Waals surface area contributed by atoms with Gasteiger partial charge in [-0.15, -0.1) is 0 Å². The zero-order valence-corrected chi connectivity index (χ0v) is 14.3. The van der Waals surface area contributed by atoms with Crippen LogP contribution < -0.4 is 10.2 Å². The molecule has 1 saturated heterocycles. The normalized spacial score (nSPS) is 17.6. The number of fused-ring (bicyclic) bond motifs is 1. The predicted octanol–water partition coefficient (Wildman–Crippen LogP) is 2.71. The maximum absolute atomic E-state index is 13.4. The molecule has 10 heteroatoms. The first-order valence-electron chi connectivity index (χ1n) is 7.96. The Morgan fingerprint density at radius 1 is 1.32 bits per heavy atom. The molecule has 1 fully saturated rings. The summed E-state index contributed by atoms with van der Waals surface area (Å²) in [7, 11) is 0. The van der Waals surface area contributed by atoms with E-state index < -0.39 is 17.6 Å². The summed E-state index contributed by atoms with van der Waals surface area (Å²) in [6.07, 6.45) is 1.68. The molecule has 0 spiro atoms. The fourth-order valence-electron chi connectivity index (χ4n) is 2.54. The maximum Gasteiger partial charge on any atom is 0.413 e. The van der Waals surface area contributed by atoms with Crippen LogP contribution in [-0.4, -0.2) is 50.3 Å². The fraction of sp³-hybridized carbons (Fsp3) is 0.600. The number of alkyl halides is 2. The van der Waals surface area contributed by atoms with Crippen LogP contribution in [0.15, 0.2) is 12.5 Å². The number of amides is 1. The molecule has 3 heterocycles. The van der Waals surface area contributed by atoms with Crippen molar-refractivity contribution in [2.24, 2.45) is 0 Å². The SMILES string of the molecule is CC(C)(C)OC(=O)Nc1cn2ncnc2c(N2CCC(F)(F)CC2)n1. The van der Waals surface area contributed by atoms with E-state index in [0.29, 0.717) is 11.5 Å². The van der Waals surface area contributed by atoms with Crippen LogP contribution >= 0.6 is 0 Å². The largest absolute Gasteiger partial charge is 0.444 e. The summed E-state index contributed by atoms with van der Waals surface area (Å²) in [6.45, 7) is 5.55. The van der Waals surface area contributed by atoms with Gasteiger partial charge in [0.2, 0.25) is 0 Å². The van der Waals surface area contributed by atoms with Crippen LogP contribution in [0.1, 0.15) is 33.6 Å². The molecule has 0 radical (unpaired) electrons. The van der Waals surface area contributed by atoms with Gasteiger partial charge in [-0.2, -0.15) is 5.10 Å². The van der Waals surface area contributed by atoms with Gasteiger partial charge in [0, 0.05) is 25.9 Å². The highest BCUT2D eigenvalue weighted by Crippen LogP contribution is 2.31. The second-order valence-electron chi connectivity index (χ2n) is 6.95. The van der Waals surface area contributed by atoms with Crippen molar-refractivity contribution in [1.29, 1.82) is 0 Å². The molecule has 8 nitrogen and oxygen atoms in total. The Labute approximate surface area is 143 Å². The van der Waals surface area contributed by atoms with Crippen molar-refractivity contribution in [2.75, 3.05) is 23.3 Å². The van der Waals surface area contributed by atoms with Crippen molar-refractivity contribution in [2.45, 2.75) is 45.1 Å². The van der Waals surface area contributed by atoms with Gasteiger partial charge in [0.05, 0.1) is 6.20 Å². The summed E-state index contributed by atoms with van der Waals surface area (Å²) in [5.41, 5.74) is -0.206. The summed E-state index contributed by atoms with van der Waals surface area (Å²) in [6, 6.07) is 0. The molecule has 1 aliphatic rings. The number of rotatable bonds is 2. The number of carbonyl (C=O) groups excluding carboxylic acids is 1. The number of hydrogen-bond acceptors (Lipinski definition) is 6. The molecule has 0 aromatic carbocycles. The van der Waals surface area contributed by atoms with E-state index in [1.807, 2.05) is 0 Å². The number of nitrogens with one attached hydrogen (secondary N) is 1. The third-order valence-electron chi connectivity index (χ3n) is 3.67. The molecule has 136 valence electrons. The molecule has 2 aromatic rings. The molecule has 0 unspecified atom stereocenters. The third kappa shape index (κ3) is 4.12. The van der Waals surface area contributed by atoms with Crippen LogP contribution in [0.4, 0.5) is 25.2 Å². The fourth-order valence-corrected chi connectivity index (χ4v) is 2.54. The Morgan fingerprint density at radius 2 is 2.00 bits per heavy atom. The number of nitrogens with zero attached hydrogens (tertiary/aromatic N) is 5. The van der Waals surface area contributed by atoms with E-state index >= 15 is 0 Å². The molecule has 1 amide bonds. The molecule has 0 atom stereocenters. The first-order valence-corrected chi connectivity index (χ1v) is 7.96. The third-order valence-corrected chi connectivity index (χ3v) is 3.67. The van der Waals surface area contributed by atoms with Gasteiger partial charge in [-0.25, -0.2) is 28.1 Å². The second kappa shape index (κ2) is 6.08. The highest BCUT2D eigenvalue weighted by atomic mass is 19.3. The van der Waals surface area contributed by atoms with Gasteiger partial charge in [0.25, 0.3) is 5.92 Å². The van der Waals surface area contributed by atoms with Crippen molar-refractivity contribution in [3.63, 3.8) is 0 Å². The highest BCUT2D eigenvalue weighted by Gasteiger charge is 2.35. The summed E-state index contributed by atoms with van der Waals surface area (Å²) in [4.78, 5) is 22.2. The quantitative estimate of drug-likeness (QED) is 0.893. The second-order valence-corrected chi connectivity index (χ2v) is 6.95. The number of halogens is 2. The molecule has 0 saturated carbocycles. The Morgan fingerprint density at radius 3 is 2.64 bits per heavy atom. The minimum absolute atomic E-state index is 0.151. The summed E-state index contributed by atoms with van der Waals surface area (Å²) in [5.74, 6) is -2.05. The van der Waals surface area contributed by atoms with Crippen LogP contribution in [-0.2, 0) is 4.74 Å². The summed E-state index contributed by atoms with van der Waals surface area (Å²) in [5, 5.41) is 6.58. The van der Waals surface area contributed by atoms with Gasteiger partial charge in [-0.05, 0) is 20.8 Å². The van der Waals surface area contributed by atoms with Gasteiger partial charge in [-0.1, -0.05) is 0 Å². The van der Waals surface area contributed by atoms with Crippen LogP contribution in [0.25, 0.3) is 5.65 Å². The van der Waals surface area contributed by atoms with Crippen LogP contribution in [0.2, 0.25) is 0 Å². The van der Waals surface area contributed by atoms with E-state index in [4.69, 9.17) is 4.74 Å². The molecule has 1 N–H and O–H groups in total. The van der Waals surface area contributed by atoms with Gasteiger partial charge in [-0.3, -0.25) is 5.32 Å². The lowest BCUT2D eigenvalue weighted by molar-refractivity contribution is -0.0221. The van der Waals surface area contributed by atoms with Crippen LogP contribution in [0.3, 0.4) is 0 Å². The van der Waals surface area contributed by atoms with Gasteiger partial charge in [0.15, 0.2) is 17.3 Å². The zero-order chi connectivity index (χ0) is 18.2. The number of hydrogen-bond donors (Lipinski definition) is 1. The Hall–Kier alpha value is -2.52. The van der Waals surface area contributed by atoms with Crippen molar-refractivity contribution < 1.29 is 18.3 Å². The molecule has 25 heavy (non-hydrogen) atoms. The molecule has 2 aromatic heterocycles. The molecule has 0 aliphatic carbocycles. The van der Waals surface area contributed by atoms with Crippen molar-refractivity contribution in [1.82, 2.24) is 19.6 Å². The summed E-state index contributed by atoms with van der Waals surface area (Å²) < 4.78 is 33.5. The molecule has 0 bridgehead atoms. The van der Waals surface area contributed by atoms with E-state index in [-0.39, 0.29) is 31.7 Å². The van der Waals surface area contributed by atoms with Gasteiger partial charge in [0.1, 0.15) is 11.9 Å². The number of aromatic nitrogens is 4. The van der Waals surface area contributed by atoms with E-state index in [1.54, 1.807) is 25.7 Å². The Balaban J connectivity index is 1.86. The highest BCUT2D eigenvalue weighted by molar-refractivity contribution is 5.84. The first kappa shape index (κ1) is 17.3. The van der Waals surface area contributed by atoms with E-state index in [9.17, 15) is 13.6 Å². The average molecular weight is 354 g/mol. The predicted molar refractivity (Wildman–Crippen MR) is 87.0 cm³/mol. The topological polar surface area (TPSA) is 84.6 Å². The van der Waals surface area contributed by atoms with E-state index in [1.165, 1.54) is 17.0 Å². The van der Waals surface area contributed by atoms with Gasteiger partial charge >= 0.3 is 6.09 Å². The molecule has 3 rings (SSSR count). The zero-order valence-electron chi connectivity index (χ0n) is 14.3.